The average molecular weight is 462 g/mol. The fourth-order valence-electron chi connectivity index (χ4n) is 3.27. The standard InChI is InChI=1S/C20H17ClF5N3O2/c1-19(17(23)24)18(31)28(16-14(22)7-13(21)8-27-16)10-15(30)29(19)9-11-3-5-12(6-4-11)20(2,25)26/h3-8,17H,9-10H2,1-2H3/t19-/m0/s1. The number of amides is 2. The molecule has 0 saturated carbocycles. The van der Waals surface area contributed by atoms with Crippen molar-refractivity contribution in [3.8, 4) is 0 Å². The molecule has 1 saturated heterocycles. The molecule has 5 nitrogen and oxygen atoms in total. The number of rotatable bonds is 5. The van der Waals surface area contributed by atoms with Crippen LogP contribution in [0.5, 0.6) is 0 Å². The van der Waals surface area contributed by atoms with Crippen LogP contribution in [0.1, 0.15) is 25.0 Å². The lowest BCUT2D eigenvalue weighted by molar-refractivity contribution is -0.161. The molecule has 1 atom stereocenters. The highest BCUT2D eigenvalue weighted by Crippen LogP contribution is 2.35. The number of benzene rings is 1. The molecule has 1 aromatic heterocycles. The predicted molar refractivity (Wildman–Crippen MR) is 103 cm³/mol. The smallest absolute Gasteiger partial charge is 0.270 e. The van der Waals surface area contributed by atoms with Gasteiger partial charge in [-0.2, -0.15) is 0 Å². The summed E-state index contributed by atoms with van der Waals surface area (Å²) in [4.78, 5) is 30.6. The van der Waals surface area contributed by atoms with Crippen LogP contribution in [0.3, 0.4) is 0 Å². The number of hydrogen-bond acceptors (Lipinski definition) is 3. The van der Waals surface area contributed by atoms with Crippen molar-refractivity contribution < 1.29 is 31.5 Å². The number of carbonyl (C=O) groups excluding carboxylic acids is 2. The van der Waals surface area contributed by atoms with E-state index in [-0.39, 0.29) is 16.1 Å². The molecule has 11 heteroatoms. The summed E-state index contributed by atoms with van der Waals surface area (Å²) in [5.41, 5.74) is -2.65. The van der Waals surface area contributed by atoms with E-state index in [1.165, 1.54) is 12.1 Å². The Kier molecular flexibility index (Phi) is 5.96. The largest absolute Gasteiger partial charge is 0.317 e. The summed E-state index contributed by atoms with van der Waals surface area (Å²) >= 11 is 5.63. The number of halogens is 6. The van der Waals surface area contributed by atoms with E-state index < -0.39 is 54.4 Å². The molecule has 0 spiro atoms. The SMILES string of the molecule is CC(F)(F)c1ccc(CN2C(=O)CN(c3ncc(Cl)cc3F)C(=O)[C@]2(C)C(F)F)cc1. The molecule has 0 aliphatic carbocycles. The second-order valence-electron chi connectivity index (χ2n) is 7.36. The monoisotopic (exact) mass is 461 g/mol. The summed E-state index contributed by atoms with van der Waals surface area (Å²) in [5.74, 6) is -6.85. The zero-order valence-corrected chi connectivity index (χ0v) is 17.1. The van der Waals surface area contributed by atoms with Crippen molar-refractivity contribution in [2.45, 2.75) is 38.3 Å². The summed E-state index contributed by atoms with van der Waals surface area (Å²) in [6.45, 7) is 0.427. The van der Waals surface area contributed by atoms with Gasteiger partial charge in [0.15, 0.2) is 17.2 Å². The molecule has 2 heterocycles. The first-order valence-electron chi connectivity index (χ1n) is 9.04. The summed E-state index contributed by atoms with van der Waals surface area (Å²) < 4.78 is 69.2. The molecule has 0 N–H and O–H groups in total. The second kappa shape index (κ2) is 8.07. The van der Waals surface area contributed by atoms with E-state index in [2.05, 4.69) is 4.98 Å². The summed E-state index contributed by atoms with van der Waals surface area (Å²) in [6.07, 6.45) is -2.30. The molecule has 3 rings (SSSR count). The van der Waals surface area contributed by atoms with E-state index in [1.54, 1.807) is 0 Å². The molecule has 1 fully saturated rings. The van der Waals surface area contributed by atoms with Crippen molar-refractivity contribution in [1.29, 1.82) is 0 Å². The number of alkyl halides is 4. The lowest BCUT2D eigenvalue weighted by Gasteiger charge is -2.46. The molecule has 2 amide bonds. The van der Waals surface area contributed by atoms with Gasteiger partial charge >= 0.3 is 0 Å². The van der Waals surface area contributed by atoms with Gasteiger partial charge in [0, 0.05) is 25.2 Å². The summed E-state index contributed by atoms with van der Waals surface area (Å²) in [5, 5.41) is -0.0728. The minimum atomic E-state index is -3.32. The van der Waals surface area contributed by atoms with Gasteiger partial charge in [0.05, 0.1) is 5.02 Å². The number of aromatic nitrogens is 1. The Balaban J connectivity index is 1.95. The van der Waals surface area contributed by atoms with Crippen molar-refractivity contribution >= 4 is 29.2 Å². The van der Waals surface area contributed by atoms with Gasteiger partial charge < -0.3 is 4.90 Å². The molecule has 0 unspecified atom stereocenters. The van der Waals surface area contributed by atoms with Crippen molar-refractivity contribution in [2.24, 2.45) is 0 Å². The lowest BCUT2D eigenvalue weighted by atomic mass is 9.93. The maximum atomic E-state index is 14.3. The van der Waals surface area contributed by atoms with Gasteiger partial charge in [0.1, 0.15) is 6.54 Å². The van der Waals surface area contributed by atoms with E-state index in [0.29, 0.717) is 16.7 Å². The normalized spacial score (nSPS) is 20.0. The third-order valence-corrected chi connectivity index (χ3v) is 5.31. The van der Waals surface area contributed by atoms with Crippen LogP contribution in [0.15, 0.2) is 36.5 Å². The van der Waals surface area contributed by atoms with E-state index in [4.69, 9.17) is 11.6 Å². The quantitative estimate of drug-likeness (QED) is 0.621. The lowest BCUT2D eigenvalue weighted by Crippen LogP contribution is -2.70. The average Bonchev–Trinajstić information content (AvgIpc) is 2.68. The van der Waals surface area contributed by atoms with E-state index >= 15 is 0 Å². The third-order valence-electron chi connectivity index (χ3n) is 5.10. The Morgan fingerprint density at radius 1 is 1.23 bits per heavy atom. The van der Waals surface area contributed by atoms with Crippen LogP contribution in [0.4, 0.5) is 27.8 Å². The highest BCUT2D eigenvalue weighted by molar-refractivity contribution is 6.30. The van der Waals surface area contributed by atoms with Gasteiger partial charge in [-0.15, -0.1) is 0 Å². The Bertz CT molecular complexity index is 1010. The minimum Gasteiger partial charge on any atom is -0.317 e. The maximum absolute atomic E-state index is 14.3. The van der Waals surface area contributed by atoms with E-state index in [9.17, 15) is 31.5 Å². The zero-order chi connectivity index (χ0) is 23.1. The van der Waals surface area contributed by atoms with Crippen LogP contribution in [0.2, 0.25) is 5.02 Å². The number of piperazine rings is 1. The Labute approximate surface area is 179 Å². The highest BCUT2D eigenvalue weighted by atomic mass is 35.5. The van der Waals surface area contributed by atoms with Crippen molar-refractivity contribution in [3.05, 3.63) is 58.5 Å². The number of carbonyl (C=O) groups is 2. The van der Waals surface area contributed by atoms with Gasteiger partial charge in [0.2, 0.25) is 5.91 Å². The first-order valence-corrected chi connectivity index (χ1v) is 9.42. The number of hydrogen-bond donors (Lipinski definition) is 0. The topological polar surface area (TPSA) is 53.5 Å². The van der Waals surface area contributed by atoms with Crippen LogP contribution >= 0.6 is 11.6 Å². The highest BCUT2D eigenvalue weighted by Gasteiger charge is 2.56. The second-order valence-corrected chi connectivity index (χ2v) is 7.80. The molecule has 0 radical (unpaired) electrons. The Morgan fingerprint density at radius 3 is 2.35 bits per heavy atom. The van der Waals surface area contributed by atoms with Crippen LogP contribution in [0, 0.1) is 5.82 Å². The van der Waals surface area contributed by atoms with E-state index in [0.717, 1.165) is 31.3 Å². The van der Waals surface area contributed by atoms with Crippen LogP contribution < -0.4 is 4.90 Å². The van der Waals surface area contributed by atoms with Crippen molar-refractivity contribution in [2.75, 3.05) is 11.4 Å². The van der Waals surface area contributed by atoms with Gasteiger partial charge in [-0.3, -0.25) is 14.5 Å². The molecule has 1 aliphatic heterocycles. The first kappa shape index (κ1) is 22.9. The van der Waals surface area contributed by atoms with Crippen molar-refractivity contribution in [3.63, 3.8) is 0 Å². The predicted octanol–water partition coefficient (Wildman–Crippen LogP) is 4.39. The fourth-order valence-corrected chi connectivity index (χ4v) is 3.41. The third kappa shape index (κ3) is 4.21. The number of anilines is 1. The number of nitrogens with zero attached hydrogens (tertiary/aromatic N) is 3. The van der Waals surface area contributed by atoms with Gasteiger partial charge in [-0.1, -0.05) is 35.9 Å². The molecular formula is C20H17ClF5N3O2. The molecule has 1 aromatic carbocycles. The van der Waals surface area contributed by atoms with Crippen molar-refractivity contribution in [1.82, 2.24) is 9.88 Å². The van der Waals surface area contributed by atoms with Crippen LogP contribution in [-0.4, -0.2) is 40.2 Å². The maximum Gasteiger partial charge on any atom is 0.270 e. The Hall–Kier alpha value is -2.75. The minimum absolute atomic E-state index is 0.0728. The van der Waals surface area contributed by atoms with Crippen LogP contribution in [-0.2, 0) is 22.1 Å². The van der Waals surface area contributed by atoms with Crippen LogP contribution in [0.25, 0.3) is 0 Å². The van der Waals surface area contributed by atoms with Gasteiger partial charge in [-0.25, -0.2) is 26.9 Å². The Morgan fingerprint density at radius 2 is 1.84 bits per heavy atom. The molecule has 31 heavy (non-hydrogen) atoms. The van der Waals surface area contributed by atoms with Gasteiger partial charge in [0.25, 0.3) is 18.3 Å². The fraction of sp³-hybridized carbons (Fsp3) is 0.350. The molecular weight excluding hydrogens is 445 g/mol. The summed E-state index contributed by atoms with van der Waals surface area (Å²) in [7, 11) is 0. The molecule has 1 aliphatic rings. The molecule has 0 bridgehead atoms. The first-order chi connectivity index (χ1) is 14.4. The zero-order valence-electron chi connectivity index (χ0n) is 16.4. The molecule has 166 valence electrons. The van der Waals surface area contributed by atoms with Gasteiger partial charge in [-0.05, 0) is 18.6 Å². The summed E-state index contributed by atoms with van der Waals surface area (Å²) in [6, 6.07) is 5.61. The van der Waals surface area contributed by atoms with E-state index in [1.807, 2.05) is 0 Å². The molecule has 2 aromatic rings. The number of pyridine rings is 1.